The Labute approximate surface area is 170 Å². The molecule has 0 atom stereocenters. The maximum atomic E-state index is 12.6. The molecule has 3 aromatic rings. The van der Waals surface area contributed by atoms with Crippen LogP contribution in [0.2, 0.25) is 5.02 Å². The van der Waals surface area contributed by atoms with Crippen LogP contribution in [0.15, 0.2) is 36.7 Å². The topological polar surface area (TPSA) is 72.7 Å². The smallest absolute Gasteiger partial charge is 0.322 e. The van der Waals surface area contributed by atoms with Crippen molar-refractivity contribution < 1.29 is 18.0 Å². The Morgan fingerprint density at radius 1 is 1.21 bits per heavy atom. The highest BCUT2D eigenvalue weighted by Crippen LogP contribution is 2.26. The summed E-state index contributed by atoms with van der Waals surface area (Å²) in [6.07, 6.45) is -0.748. The zero-order chi connectivity index (χ0) is 20.3. The third-order valence-electron chi connectivity index (χ3n) is 3.28. The molecule has 0 saturated carbocycles. The van der Waals surface area contributed by atoms with Gasteiger partial charge in [0, 0.05) is 29.2 Å². The number of nitrogens with zero attached hydrogens (tertiary/aromatic N) is 4. The number of anilines is 1. The number of hydrogen-bond donors (Lipinski definition) is 1. The number of aromatic nitrogens is 4. The van der Waals surface area contributed by atoms with E-state index < -0.39 is 18.6 Å². The van der Waals surface area contributed by atoms with Gasteiger partial charge in [0.25, 0.3) is 5.91 Å². The molecule has 1 aromatic carbocycles. The highest BCUT2D eigenvalue weighted by Gasteiger charge is 2.28. The van der Waals surface area contributed by atoms with Crippen molar-refractivity contribution in [1.82, 2.24) is 19.7 Å². The van der Waals surface area contributed by atoms with Crippen LogP contribution in [-0.2, 0) is 6.54 Å². The Balaban J connectivity index is 1.74. The van der Waals surface area contributed by atoms with Gasteiger partial charge in [0.2, 0.25) is 5.01 Å². The van der Waals surface area contributed by atoms with E-state index in [1.807, 2.05) is 0 Å². The molecule has 2 heterocycles. The molecular weight excluding hydrogens is 438 g/mol. The van der Waals surface area contributed by atoms with Crippen molar-refractivity contribution in [1.29, 1.82) is 0 Å². The number of alkyl halides is 3. The first-order valence-corrected chi connectivity index (χ1v) is 9.14. The molecule has 0 aliphatic heterocycles. The van der Waals surface area contributed by atoms with Crippen LogP contribution in [0, 0.1) is 0 Å². The van der Waals surface area contributed by atoms with Crippen LogP contribution < -0.4 is 5.32 Å². The Kier molecular flexibility index (Phi) is 6.01. The summed E-state index contributed by atoms with van der Waals surface area (Å²) >= 11 is 12.8. The zero-order valence-corrected chi connectivity index (χ0v) is 16.1. The lowest BCUT2D eigenvalue weighted by Crippen LogP contribution is -2.18. The monoisotopic (exact) mass is 447 g/mol. The minimum atomic E-state index is -4.40. The molecule has 0 bridgehead atoms. The number of nitrogens with one attached hydrogen (secondary N) is 1. The van der Waals surface area contributed by atoms with E-state index in [0.29, 0.717) is 10.7 Å². The number of carbonyl (C=O) groups excluding carboxylic acids is 1. The van der Waals surface area contributed by atoms with Crippen LogP contribution in [0.5, 0.6) is 0 Å². The number of imidazole rings is 1. The molecule has 28 heavy (non-hydrogen) atoms. The van der Waals surface area contributed by atoms with E-state index in [-0.39, 0.29) is 20.9 Å². The van der Waals surface area contributed by atoms with Crippen molar-refractivity contribution in [3.8, 4) is 0 Å². The molecule has 12 heteroatoms. The first-order chi connectivity index (χ1) is 13.2. The molecule has 3 rings (SSSR count). The fraction of sp³-hybridized carbons (Fsp3) is 0.125. The normalized spacial score (nSPS) is 12.2. The minimum Gasteiger partial charge on any atom is -0.322 e. The summed E-state index contributed by atoms with van der Waals surface area (Å²) in [6, 6.07) is 6.47. The van der Waals surface area contributed by atoms with Crippen molar-refractivity contribution in [2.45, 2.75) is 12.7 Å². The van der Waals surface area contributed by atoms with E-state index in [4.69, 9.17) is 23.2 Å². The molecule has 2 aromatic heterocycles. The van der Waals surface area contributed by atoms with E-state index in [1.54, 1.807) is 24.3 Å². The van der Waals surface area contributed by atoms with E-state index >= 15 is 0 Å². The second kappa shape index (κ2) is 8.29. The second-order valence-corrected chi connectivity index (χ2v) is 7.22. The molecule has 0 fully saturated rings. The maximum Gasteiger partial charge on any atom is 0.406 e. The molecule has 0 aliphatic rings. The number of carbonyl (C=O) groups is 1. The number of hydrogen-bond acceptors (Lipinski definition) is 5. The summed E-state index contributed by atoms with van der Waals surface area (Å²) in [5.74, 6) is -0.501. The Hall–Kier alpha value is -2.43. The molecule has 6 nitrogen and oxygen atoms in total. The van der Waals surface area contributed by atoms with Crippen LogP contribution in [-0.4, -0.2) is 31.8 Å². The summed E-state index contributed by atoms with van der Waals surface area (Å²) in [5.41, 5.74) is 0.516. The standard InChI is InChI=1S/C16H10Cl2F3N5OS/c17-9-1-3-10(4-2-9)23-13(27)15-25-24-14(28-15)11(18)7-12-22-5-6-26(12)8-16(19,20)21/h1-7H,8H2,(H,23,27)/b11-7+. The third kappa shape index (κ3) is 5.31. The van der Waals surface area contributed by atoms with Gasteiger partial charge in [-0.05, 0) is 24.3 Å². The minimum absolute atomic E-state index is 0.00434. The molecular formula is C16H10Cl2F3N5OS. The fourth-order valence-electron chi connectivity index (χ4n) is 2.09. The molecule has 0 spiro atoms. The van der Waals surface area contributed by atoms with E-state index in [2.05, 4.69) is 20.5 Å². The number of benzene rings is 1. The van der Waals surface area contributed by atoms with Gasteiger partial charge in [0.15, 0.2) is 5.01 Å². The predicted octanol–water partition coefficient (Wildman–Crippen LogP) is 4.94. The van der Waals surface area contributed by atoms with Gasteiger partial charge in [-0.15, -0.1) is 10.2 Å². The third-order valence-corrected chi connectivity index (χ3v) is 4.89. The predicted molar refractivity (Wildman–Crippen MR) is 101 cm³/mol. The van der Waals surface area contributed by atoms with Gasteiger partial charge in [-0.2, -0.15) is 13.2 Å². The van der Waals surface area contributed by atoms with Crippen molar-refractivity contribution >= 4 is 57.2 Å². The Morgan fingerprint density at radius 2 is 1.89 bits per heavy atom. The number of halogens is 5. The Bertz CT molecular complexity index is 1010. The van der Waals surface area contributed by atoms with Crippen LogP contribution in [0.4, 0.5) is 18.9 Å². The molecule has 0 saturated heterocycles. The van der Waals surface area contributed by atoms with Crippen molar-refractivity contribution in [3.63, 3.8) is 0 Å². The van der Waals surface area contributed by atoms with Gasteiger partial charge in [0.05, 0.1) is 5.03 Å². The Morgan fingerprint density at radius 3 is 2.57 bits per heavy atom. The van der Waals surface area contributed by atoms with Gasteiger partial charge in [-0.3, -0.25) is 4.79 Å². The lowest BCUT2D eigenvalue weighted by atomic mass is 10.3. The molecule has 1 N–H and O–H groups in total. The average Bonchev–Trinajstić information content (AvgIpc) is 3.26. The first-order valence-electron chi connectivity index (χ1n) is 7.57. The van der Waals surface area contributed by atoms with E-state index in [1.165, 1.54) is 18.5 Å². The lowest BCUT2D eigenvalue weighted by molar-refractivity contribution is -0.140. The molecule has 0 aliphatic carbocycles. The van der Waals surface area contributed by atoms with E-state index in [9.17, 15) is 18.0 Å². The van der Waals surface area contributed by atoms with Gasteiger partial charge < -0.3 is 9.88 Å². The average molecular weight is 448 g/mol. The summed E-state index contributed by atoms with van der Waals surface area (Å²) in [4.78, 5) is 16.1. The summed E-state index contributed by atoms with van der Waals surface area (Å²) in [5, 5.41) is 10.9. The molecule has 0 radical (unpaired) electrons. The fourth-order valence-corrected chi connectivity index (χ4v) is 3.12. The van der Waals surface area contributed by atoms with Crippen molar-refractivity contribution in [2.75, 3.05) is 5.32 Å². The van der Waals surface area contributed by atoms with Crippen molar-refractivity contribution in [3.05, 3.63) is 57.5 Å². The zero-order valence-electron chi connectivity index (χ0n) is 13.7. The van der Waals surface area contributed by atoms with Gasteiger partial charge in [0.1, 0.15) is 12.4 Å². The number of rotatable bonds is 5. The lowest BCUT2D eigenvalue weighted by Gasteiger charge is -2.08. The van der Waals surface area contributed by atoms with Crippen LogP contribution in [0.1, 0.15) is 20.6 Å². The highest BCUT2D eigenvalue weighted by atomic mass is 35.5. The summed E-state index contributed by atoms with van der Waals surface area (Å²) in [7, 11) is 0. The highest BCUT2D eigenvalue weighted by molar-refractivity contribution is 7.15. The largest absolute Gasteiger partial charge is 0.406 e. The van der Waals surface area contributed by atoms with Crippen LogP contribution in [0.3, 0.4) is 0 Å². The molecule has 146 valence electrons. The maximum absolute atomic E-state index is 12.6. The van der Waals surface area contributed by atoms with Crippen LogP contribution >= 0.6 is 34.5 Å². The van der Waals surface area contributed by atoms with Crippen molar-refractivity contribution in [2.24, 2.45) is 0 Å². The van der Waals surface area contributed by atoms with Crippen LogP contribution in [0.25, 0.3) is 11.1 Å². The SMILES string of the molecule is O=C(Nc1ccc(Cl)cc1)c1nnc(/C(Cl)=C\c2nccn2CC(F)(F)F)s1. The molecule has 1 amide bonds. The summed E-state index contributed by atoms with van der Waals surface area (Å²) < 4.78 is 38.6. The summed E-state index contributed by atoms with van der Waals surface area (Å²) in [6.45, 7) is -1.20. The quantitative estimate of drug-likeness (QED) is 0.600. The van der Waals surface area contributed by atoms with Gasteiger partial charge >= 0.3 is 6.18 Å². The van der Waals surface area contributed by atoms with E-state index in [0.717, 1.165) is 15.9 Å². The number of amides is 1. The first kappa shape index (κ1) is 20.3. The second-order valence-electron chi connectivity index (χ2n) is 5.39. The molecule has 0 unspecified atom stereocenters. The van der Waals surface area contributed by atoms with Gasteiger partial charge in [-0.1, -0.05) is 34.5 Å². The van der Waals surface area contributed by atoms with Gasteiger partial charge in [-0.25, -0.2) is 4.98 Å².